The molecule has 0 aromatic heterocycles. The maximum absolute atomic E-state index is 12.6. The van der Waals surface area contributed by atoms with E-state index >= 15 is 0 Å². The molecule has 0 aliphatic carbocycles. The van der Waals surface area contributed by atoms with Crippen molar-refractivity contribution in [1.29, 1.82) is 0 Å². The van der Waals surface area contributed by atoms with Crippen LogP contribution in [-0.2, 0) is 9.53 Å². The van der Waals surface area contributed by atoms with Crippen LogP contribution in [-0.4, -0.2) is 49.7 Å². The fourth-order valence-corrected chi connectivity index (χ4v) is 3.97. The third-order valence-corrected chi connectivity index (χ3v) is 4.93. The summed E-state index contributed by atoms with van der Waals surface area (Å²) in [5.74, 6) is 1.85. The largest absolute Gasteiger partial charge is 0.381 e. The lowest BCUT2D eigenvalue weighted by Gasteiger charge is -2.32. The van der Waals surface area contributed by atoms with E-state index < -0.39 is 0 Å². The van der Waals surface area contributed by atoms with Crippen molar-refractivity contribution in [3.63, 3.8) is 0 Å². The average molecular weight is 252 g/mol. The van der Waals surface area contributed by atoms with Gasteiger partial charge >= 0.3 is 0 Å². The lowest BCUT2D eigenvalue weighted by molar-refractivity contribution is -0.141. The van der Waals surface area contributed by atoms with E-state index in [0.29, 0.717) is 30.4 Å². The number of hydrogen-bond donors (Lipinski definition) is 1. The third-order valence-electron chi connectivity index (χ3n) is 4.93. The van der Waals surface area contributed by atoms with Crippen LogP contribution < -0.4 is 5.32 Å². The standard InChI is InChI=1S/C14H24N2O2/c1-2-13-12-7-15-6-11(12)8-16(13)14(17)10-4-3-5-18-9-10/h10-13,15H,2-9H2,1H3. The molecule has 3 rings (SSSR count). The minimum atomic E-state index is 0.125. The van der Waals surface area contributed by atoms with E-state index in [-0.39, 0.29) is 5.92 Å². The van der Waals surface area contributed by atoms with Gasteiger partial charge in [0.15, 0.2) is 0 Å². The van der Waals surface area contributed by atoms with Gasteiger partial charge in [-0.3, -0.25) is 4.79 Å². The Kier molecular flexibility index (Phi) is 3.57. The highest BCUT2D eigenvalue weighted by Crippen LogP contribution is 2.35. The van der Waals surface area contributed by atoms with Crippen molar-refractivity contribution in [1.82, 2.24) is 10.2 Å². The summed E-state index contributed by atoms with van der Waals surface area (Å²) in [7, 11) is 0. The minimum absolute atomic E-state index is 0.125. The van der Waals surface area contributed by atoms with Crippen LogP contribution in [0.1, 0.15) is 26.2 Å². The number of nitrogens with zero attached hydrogens (tertiary/aromatic N) is 1. The number of ether oxygens (including phenoxy) is 1. The topological polar surface area (TPSA) is 41.6 Å². The Morgan fingerprint density at radius 3 is 3.06 bits per heavy atom. The highest BCUT2D eigenvalue weighted by atomic mass is 16.5. The Labute approximate surface area is 109 Å². The van der Waals surface area contributed by atoms with Crippen molar-refractivity contribution in [3.8, 4) is 0 Å². The predicted molar refractivity (Wildman–Crippen MR) is 69.2 cm³/mol. The monoisotopic (exact) mass is 252 g/mol. The van der Waals surface area contributed by atoms with Gasteiger partial charge in [0, 0.05) is 32.3 Å². The molecule has 102 valence electrons. The summed E-state index contributed by atoms with van der Waals surface area (Å²) in [4.78, 5) is 14.8. The van der Waals surface area contributed by atoms with E-state index in [1.54, 1.807) is 0 Å². The first-order chi connectivity index (χ1) is 8.81. The van der Waals surface area contributed by atoms with E-state index in [2.05, 4.69) is 17.1 Å². The zero-order valence-electron chi connectivity index (χ0n) is 11.2. The van der Waals surface area contributed by atoms with E-state index in [9.17, 15) is 4.79 Å². The molecule has 4 atom stereocenters. The zero-order chi connectivity index (χ0) is 12.5. The number of amides is 1. The molecule has 4 heteroatoms. The van der Waals surface area contributed by atoms with Crippen molar-refractivity contribution in [2.24, 2.45) is 17.8 Å². The molecular formula is C14H24N2O2. The highest BCUT2D eigenvalue weighted by molar-refractivity contribution is 5.79. The van der Waals surface area contributed by atoms with Crippen LogP contribution in [0.3, 0.4) is 0 Å². The molecule has 3 saturated heterocycles. The summed E-state index contributed by atoms with van der Waals surface area (Å²) in [6.45, 7) is 6.82. The van der Waals surface area contributed by atoms with Crippen molar-refractivity contribution in [3.05, 3.63) is 0 Å². The Hall–Kier alpha value is -0.610. The van der Waals surface area contributed by atoms with Crippen molar-refractivity contribution >= 4 is 5.91 Å². The number of carbonyl (C=O) groups is 1. The fourth-order valence-electron chi connectivity index (χ4n) is 3.97. The zero-order valence-corrected chi connectivity index (χ0v) is 11.2. The smallest absolute Gasteiger partial charge is 0.228 e. The SMILES string of the molecule is CCC1C2CNCC2CN1C(=O)C1CCCOC1. The molecule has 0 bridgehead atoms. The molecule has 3 aliphatic heterocycles. The van der Waals surface area contributed by atoms with Gasteiger partial charge in [0.05, 0.1) is 12.5 Å². The summed E-state index contributed by atoms with van der Waals surface area (Å²) in [5.41, 5.74) is 0. The second-order valence-corrected chi connectivity index (χ2v) is 5.96. The first-order valence-corrected chi connectivity index (χ1v) is 7.40. The minimum Gasteiger partial charge on any atom is -0.381 e. The van der Waals surface area contributed by atoms with Gasteiger partial charge in [0.2, 0.25) is 5.91 Å². The summed E-state index contributed by atoms with van der Waals surface area (Å²) in [6.07, 6.45) is 3.14. The van der Waals surface area contributed by atoms with Crippen LogP contribution >= 0.6 is 0 Å². The highest BCUT2D eigenvalue weighted by Gasteiger charge is 2.46. The Bertz CT molecular complexity index is 315. The van der Waals surface area contributed by atoms with E-state index in [0.717, 1.165) is 45.5 Å². The Morgan fingerprint density at radius 1 is 1.44 bits per heavy atom. The van der Waals surface area contributed by atoms with Crippen LogP contribution in [0.2, 0.25) is 0 Å². The molecule has 4 nitrogen and oxygen atoms in total. The van der Waals surface area contributed by atoms with Crippen molar-refractivity contribution < 1.29 is 9.53 Å². The van der Waals surface area contributed by atoms with Crippen LogP contribution in [0.5, 0.6) is 0 Å². The molecule has 0 spiro atoms. The van der Waals surface area contributed by atoms with Gasteiger partial charge in [-0.2, -0.15) is 0 Å². The molecule has 3 heterocycles. The molecule has 1 N–H and O–H groups in total. The molecule has 0 aromatic carbocycles. The molecule has 3 fully saturated rings. The van der Waals surface area contributed by atoms with E-state index in [4.69, 9.17) is 4.74 Å². The van der Waals surface area contributed by atoms with E-state index in [1.165, 1.54) is 0 Å². The lowest BCUT2D eigenvalue weighted by Crippen LogP contribution is -2.44. The first-order valence-electron chi connectivity index (χ1n) is 7.40. The number of fused-ring (bicyclic) bond motifs is 1. The maximum Gasteiger partial charge on any atom is 0.228 e. The third kappa shape index (κ3) is 2.05. The lowest BCUT2D eigenvalue weighted by atomic mass is 9.92. The number of nitrogens with one attached hydrogen (secondary N) is 1. The van der Waals surface area contributed by atoms with Gasteiger partial charge in [-0.15, -0.1) is 0 Å². The van der Waals surface area contributed by atoms with Gasteiger partial charge in [-0.25, -0.2) is 0 Å². The fraction of sp³-hybridized carbons (Fsp3) is 0.929. The molecular weight excluding hydrogens is 228 g/mol. The summed E-state index contributed by atoms with van der Waals surface area (Å²) in [5, 5.41) is 3.46. The van der Waals surface area contributed by atoms with E-state index in [1.807, 2.05) is 0 Å². The predicted octanol–water partition coefficient (Wildman–Crippen LogP) is 0.869. The molecule has 0 radical (unpaired) electrons. The normalized spacial score (nSPS) is 39.9. The van der Waals surface area contributed by atoms with Crippen LogP contribution in [0.25, 0.3) is 0 Å². The second-order valence-electron chi connectivity index (χ2n) is 5.96. The summed E-state index contributed by atoms with van der Waals surface area (Å²) in [6, 6.07) is 0.458. The molecule has 1 amide bonds. The summed E-state index contributed by atoms with van der Waals surface area (Å²) >= 11 is 0. The molecule has 4 unspecified atom stereocenters. The van der Waals surface area contributed by atoms with Gasteiger partial charge in [0.1, 0.15) is 0 Å². The van der Waals surface area contributed by atoms with Gasteiger partial charge in [-0.1, -0.05) is 6.92 Å². The number of rotatable bonds is 2. The number of carbonyl (C=O) groups excluding carboxylic acids is 1. The van der Waals surface area contributed by atoms with Crippen LogP contribution in [0.4, 0.5) is 0 Å². The average Bonchev–Trinajstić information content (AvgIpc) is 2.98. The summed E-state index contributed by atoms with van der Waals surface area (Å²) < 4.78 is 5.47. The van der Waals surface area contributed by atoms with Gasteiger partial charge < -0.3 is 15.0 Å². The first kappa shape index (κ1) is 12.4. The molecule has 0 aromatic rings. The van der Waals surface area contributed by atoms with Crippen molar-refractivity contribution in [2.75, 3.05) is 32.8 Å². The number of hydrogen-bond acceptors (Lipinski definition) is 3. The number of likely N-dealkylation sites (tertiary alicyclic amines) is 1. The molecule has 0 saturated carbocycles. The van der Waals surface area contributed by atoms with Crippen LogP contribution in [0.15, 0.2) is 0 Å². The maximum atomic E-state index is 12.6. The molecule has 3 aliphatic rings. The van der Waals surface area contributed by atoms with Crippen LogP contribution in [0, 0.1) is 17.8 Å². The van der Waals surface area contributed by atoms with Crippen molar-refractivity contribution in [2.45, 2.75) is 32.2 Å². The Balaban J connectivity index is 1.69. The molecule has 18 heavy (non-hydrogen) atoms. The Morgan fingerprint density at radius 2 is 2.33 bits per heavy atom. The van der Waals surface area contributed by atoms with Gasteiger partial charge in [0.25, 0.3) is 0 Å². The quantitative estimate of drug-likeness (QED) is 0.793. The second kappa shape index (κ2) is 5.17. The van der Waals surface area contributed by atoms with Gasteiger partial charge in [-0.05, 0) is 31.1 Å².